The highest BCUT2D eigenvalue weighted by Gasteiger charge is 2.20. The molecule has 0 saturated heterocycles. The SMILES string of the molecule is CC[C@H](C)NS(=O)(=O)c1ccc(NCC(C)C)c(C(=O)O)c1. The summed E-state index contributed by atoms with van der Waals surface area (Å²) in [6.07, 6.45) is 0.652. The summed E-state index contributed by atoms with van der Waals surface area (Å²) >= 11 is 0. The van der Waals surface area contributed by atoms with Gasteiger partial charge in [-0.1, -0.05) is 20.8 Å². The molecule has 3 N–H and O–H groups in total. The number of carbonyl (C=O) groups is 1. The second-order valence-corrected chi connectivity index (χ2v) is 7.43. The zero-order chi connectivity index (χ0) is 16.9. The first kappa shape index (κ1) is 18.4. The zero-order valence-electron chi connectivity index (χ0n) is 13.4. The summed E-state index contributed by atoms with van der Waals surface area (Å²) < 4.78 is 27.0. The lowest BCUT2D eigenvalue weighted by molar-refractivity contribution is 0.0697. The van der Waals surface area contributed by atoms with Gasteiger partial charge < -0.3 is 10.4 Å². The van der Waals surface area contributed by atoms with Crippen LogP contribution in [0.4, 0.5) is 5.69 Å². The molecule has 1 aromatic carbocycles. The molecule has 1 atom stereocenters. The van der Waals surface area contributed by atoms with Crippen molar-refractivity contribution in [1.29, 1.82) is 0 Å². The number of rotatable bonds is 8. The van der Waals surface area contributed by atoms with E-state index in [2.05, 4.69) is 10.0 Å². The fourth-order valence-corrected chi connectivity index (χ4v) is 3.10. The molecule has 0 amide bonds. The van der Waals surface area contributed by atoms with Crippen molar-refractivity contribution in [2.24, 2.45) is 5.92 Å². The molecule has 0 bridgehead atoms. The van der Waals surface area contributed by atoms with Gasteiger partial charge in [-0.15, -0.1) is 0 Å². The van der Waals surface area contributed by atoms with Crippen LogP contribution >= 0.6 is 0 Å². The molecule has 0 heterocycles. The number of aromatic carboxylic acids is 1. The molecule has 1 aromatic rings. The summed E-state index contributed by atoms with van der Waals surface area (Å²) in [4.78, 5) is 11.3. The average molecular weight is 328 g/mol. The van der Waals surface area contributed by atoms with Crippen molar-refractivity contribution in [2.45, 2.75) is 45.1 Å². The predicted octanol–water partition coefficient (Wildman–Crippen LogP) is 2.53. The summed E-state index contributed by atoms with van der Waals surface area (Å²) in [6.45, 7) is 8.24. The Morgan fingerprint density at radius 2 is 1.91 bits per heavy atom. The van der Waals surface area contributed by atoms with E-state index in [9.17, 15) is 18.3 Å². The summed E-state index contributed by atoms with van der Waals surface area (Å²) in [7, 11) is -3.72. The monoisotopic (exact) mass is 328 g/mol. The standard InChI is InChI=1S/C15H24N2O4S/c1-5-11(4)17-22(20,21)12-6-7-14(16-9-10(2)3)13(8-12)15(18)19/h6-8,10-11,16-17H,5,9H2,1-4H3,(H,18,19)/t11-/m0/s1. The van der Waals surface area contributed by atoms with Crippen LogP contribution in [0, 0.1) is 5.92 Å². The van der Waals surface area contributed by atoms with Crippen LogP contribution < -0.4 is 10.0 Å². The second kappa shape index (κ2) is 7.60. The van der Waals surface area contributed by atoms with Crippen LogP contribution in [0.3, 0.4) is 0 Å². The molecule has 0 spiro atoms. The lowest BCUT2D eigenvalue weighted by Gasteiger charge is -2.15. The van der Waals surface area contributed by atoms with E-state index in [4.69, 9.17) is 0 Å². The smallest absolute Gasteiger partial charge is 0.337 e. The first-order chi connectivity index (χ1) is 10.2. The third-order valence-corrected chi connectivity index (χ3v) is 4.79. The molecule has 0 aliphatic heterocycles. The average Bonchev–Trinajstić information content (AvgIpc) is 2.44. The number of hydrogen-bond donors (Lipinski definition) is 3. The minimum absolute atomic E-state index is 0.0414. The van der Waals surface area contributed by atoms with E-state index in [1.54, 1.807) is 6.92 Å². The molecule has 0 saturated carbocycles. The van der Waals surface area contributed by atoms with Crippen molar-refractivity contribution in [3.8, 4) is 0 Å². The molecule has 6 nitrogen and oxygen atoms in total. The lowest BCUT2D eigenvalue weighted by Crippen LogP contribution is -2.32. The van der Waals surface area contributed by atoms with Crippen LogP contribution in [-0.2, 0) is 10.0 Å². The number of sulfonamides is 1. The minimum Gasteiger partial charge on any atom is -0.478 e. The van der Waals surface area contributed by atoms with Crippen molar-refractivity contribution in [3.63, 3.8) is 0 Å². The molecule has 0 unspecified atom stereocenters. The van der Waals surface area contributed by atoms with Crippen molar-refractivity contribution in [2.75, 3.05) is 11.9 Å². The molecule has 7 heteroatoms. The summed E-state index contributed by atoms with van der Waals surface area (Å²) in [5, 5.41) is 12.3. The predicted molar refractivity (Wildman–Crippen MR) is 86.8 cm³/mol. The molecule has 22 heavy (non-hydrogen) atoms. The van der Waals surface area contributed by atoms with Gasteiger partial charge in [0.2, 0.25) is 10.0 Å². The zero-order valence-corrected chi connectivity index (χ0v) is 14.2. The Bertz CT molecular complexity index is 626. The van der Waals surface area contributed by atoms with Gasteiger partial charge in [0.05, 0.1) is 10.5 Å². The molecule has 0 aromatic heterocycles. The van der Waals surface area contributed by atoms with Gasteiger partial charge in [0.15, 0.2) is 0 Å². The number of hydrogen-bond acceptors (Lipinski definition) is 4. The third-order valence-electron chi connectivity index (χ3n) is 3.20. The molecule has 0 aliphatic carbocycles. The summed E-state index contributed by atoms with van der Waals surface area (Å²) in [5.41, 5.74) is 0.372. The van der Waals surface area contributed by atoms with Crippen molar-refractivity contribution >= 4 is 21.7 Å². The highest BCUT2D eigenvalue weighted by molar-refractivity contribution is 7.89. The molecule has 0 aliphatic rings. The van der Waals surface area contributed by atoms with E-state index in [0.717, 1.165) is 0 Å². The Hall–Kier alpha value is -1.60. The van der Waals surface area contributed by atoms with E-state index in [1.165, 1.54) is 18.2 Å². The molecular formula is C15H24N2O4S. The normalized spacial score (nSPS) is 13.1. The Morgan fingerprint density at radius 1 is 1.27 bits per heavy atom. The fraction of sp³-hybridized carbons (Fsp3) is 0.533. The third kappa shape index (κ3) is 4.99. The summed E-state index contributed by atoms with van der Waals surface area (Å²) in [6, 6.07) is 3.89. The van der Waals surface area contributed by atoms with Gasteiger partial charge in [-0.2, -0.15) is 0 Å². The van der Waals surface area contributed by atoms with E-state index in [1.807, 2.05) is 20.8 Å². The number of anilines is 1. The van der Waals surface area contributed by atoms with Crippen LogP contribution in [0.2, 0.25) is 0 Å². The molecule has 1 rings (SSSR count). The van der Waals surface area contributed by atoms with Crippen molar-refractivity contribution < 1.29 is 18.3 Å². The summed E-state index contributed by atoms with van der Waals surface area (Å²) in [5.74, 6) is -0.816. The fourth-order valence-electron chi connectivity index (χ4n) is 1.75. The van der Waals surface area contributed by atoms with Crippen LogP contribution in [0.5, 0.6) is 0 Å². The van der Waals surface area contributed by atoms with Gasteiger partial charge in [0, 0.05) is 18.3 Å². The van der Waals surface area contributed by atoms with Gasteiger partial charge in [-0.25, -0.2) is 17.9 Å². The van der Waals surface area contributed by atoms with Gasteiger partial charge in [0.1, 0.15) is 0 Å². The highest BCUT2D eigenvalue weighted by atomic mass is 32.2. The van der Waals surface area contributed by atoms with E-state index < -0.39 is 16.0 Å². The number of carboxylic acids is 1. The quantitative estimate of drug-likeness (QED) is 0.681. The largest absolute Gasteiger partial charge is 0.478 e. The Labute approximate surface area is 132 Å². The molecule has 0 radical (unpaired) electrons. The highest BCUT2D eigenvalue weighted by Crippen LogP contribution is 2.21. The number of nitrogens with one attached hydrogen (secondary N) is 2. The number of carboxylic acid groups (broad SMARTS) is 1. The molecular weight excluding hydrogens is 304 g/mol. The van der Waals surface area contributed by atoms with Gasteiger partial charge in [0.25, 0.3) is 0 Å². The van der Waals surface area contributed by atoms with E-state index >= 15 is 0 Å². The van der Waals surface area contributed by atoms with E-state index in [-0.39, 0.29) is 16.5 Å². The first-order valence-corrected chi connectivity index (χ1v) is 8.79. The topological polar surface area (TPSA) is 95.5 Å². The maximum atomic E-state index is 12.2. The van der Waals surface area contributed by atoms with E-state index in [0.29, 0.717) is 24.6 Å². The second-order valence-electron chi connectivity index (χ2n) is 5.72. The van der Waals surface area contributed by atoms with Gasteiger partial charge in [-0.05, 0) is 37.5 Å². The first-order valence-electron chi connectivity index (χ1n) is 7.31. The molecule has 124 valence electrons. The van der Waals surface area contributed by atoms with Crippen LogP contribution in [0.15, 0.2) is 23.1 Å². The van der Waals surface area contributed by atoms with Gasteiger partial charge in [-0.3, -0.25) is 0 Å². The molecule has 0 fully saturated rings. The number of benzene rings is 1. The Balaban J connectivity index is 3.14. The van der Waals surface area contributed by atoms with Crippen LogP contribution in [-0.4, -0.2) is 32.1 Å². The maximum absolute atomic E-state index is 12.2. The minimum atomic E-state index is -3.72. The van der Waals surface area contributed by atoms with Crippen molar-refractivity contribution in [1.82, 2.24) is 4.72 Å². The Morgan fingerprint density at radius 3 is 2.41 bits per heavy atom. The Kier molecular flexibility index (Phi) is 6.37. The van der Waals surface area contributed by atoms with Crippen molar-refractivity contribution in [3.05, 3.63) is 23.8 Å². The lowest BCUT2D eigenvalue weighted by atomic mass is 10.1. The van der Waals surface area contributed by atoms with Crippen LogP contribution in [0.25, 0.3) is 0 Å². The van der Waals surface area contributed by atoms with Gasteiger partial charge >= 0.3 is 5.97 Å². The van der Waals surface area contributed by atoms with Crippen LogP contribution in [0.1, 0.15) is 44.5 Å². The maximum Gasteiger partial charge on any atom is 0.337 e.